The number of ether oxygens (including phenoxy) is 1. The van der Waals surface area contributed by atoms with Gasteiger partial charge in [0, 0.05) is 12.6 Å². The van der Waals surface area contributed by atoms with Gasteiger partial charge < -0.3 is 25.6 Å². The first-order chi connectivity index (χ1) is 12.4. The normalized spacial score (nSPS) is 13.1. The van der Waals surface area contributed by atoms with Crippen LogP contribution in [-0.2, 0) is 11.2 Å². The van der Waals surface area contributed by atoms with E-state index in [1.54, 1.807) is 19.2 Å². The van der Waals surface area contributed by atoms with Crippen LogP contribution in [0.15, 0.2) is 40.9 Å². The second kappa shape index (κ2) is 9.56. The smallest absolute Gasteiger partial charge is 0.211 e. The van der Waals surface area contributed by atoms with E-state index in [9.17, 15) is 15.0 Å². The maximum Gasteiger partial charge on any atom is 0.211 e. The summed E-state index contributed by atoms with van der Waals surface area (Å²) >= 11 is 3.22. The van der Waals surface area contributed by atoms with Crippen molar-refractivity contribution in [1.29, 1.82) is 0 Å². The molecule has 1 amide bonds. The van der Waals surface area contributed by atoms with Crippen molar-refractivity contribution >= 4 is 28.0 Å². The average molecular weight is 423 g/mol. The summed E-state index contributed by atoms with van der Waals surface area (Å²) in [4.78, 5) is 10.6. The van der Waals surface area contributed by atoms with Gasteiger partial charge in [-0.1, -0.05) is 12.1 Å². The Balaban J connectivity index is 1.94. The minimum atomic E-state index is -0.780. The molecule has 2 aromatic rings. The molecule has 0 spiro atoms. The molecule has 2 unspecified atom stereocenters. The number of phenols is 1. The lowest BCUT2D eigenvalue weighted by Gasteiger charge is -2.19. The molecule has 0 saturated heterocycles. The largest absolute Gasteiger partial charge is 0.505 e. The van der Waals surface area contributed by atoms with Crippen LogP contribution in [0.1, 0.15) is 24.2 Å². The minimum absolute atomic E-state index is 0.0751. The van der Waals surface area contributed by atoms with E-state index in [2.05, 4.69) is 26.6 Å². The predicted molar refractivity (Wildman–Crippen MR) is 105 cm³/mol. The number of carbonyl (C=O) groups excluding carboxylic acids is 1. The first-order valence-electron chi connectivity index (χ1n) is 8.21. The lowest BCUT2D eigenvalue weighted by atomic mass is 10.1. The Morgan fingerprint density at radius 3 is 2.58 bits per heavy atom. The van der Waals surface area contributed by atoms with Crippen LogP contribution in [0.3, 0.4) is 0 Å². The van der Waals surface area contributed by atoms with E-state index in [0.29, 0.717) is 23.0 Å². The standard InChI is InChI=1S/C19H23BrN2O4/c1-12(7-13-3-5-15(26-2)6-4-13)21-10-18(24)14-8-16(20)19(25)17(9-14)22-11-23/h3-6,8-9,11-12,18,21,24-25H,7,10H2,1-2H3,(H,22,23). The number of rotatable bonds is 9. The Morgan fingerprint density at radius 2 is 1.96 bits per heavy atom. The fraction of sp³-hybridized carbons (Fsp3) is 0.316. The van der Waals surface area contributed by atoms with Crippen LogP contribution in [0.2, 0.25) is 0 Å². The summed E-state index contributed by atoms with van der Waals surface area (Å²) in [7, 11) is 1.64. The number of anilines is 1. The number of phenolic OH excluding ortho intramolecular Hbond substituents is 1. The van der Waals surface area contributed by atoms with E-state index >= 15 is 0 Å². The number of carbonyl (C=O) groups is 1. The summed E-state index contributed by atoms with van der Waals surface area (Å²) in [5.74, 6) is 0.747. The molecule has 0 radical (unpaired) electrons. The molecule has 0 aliphatic carbocycles. The number of nitrogens with one attached hydrogen (secondary N) is 2. The van der Waals surface area contributed by atoms with E-state index in [1.165, 1.54) is 5.56 Å². The van der Waals surface area contributed by atoms with Crippen LogP contribution in [0.25, 0.3) is 0 Å². The third-order valence-corrected chi connectivity index (χ3v) is 4.65. The number of benzene rings is 2. The molecule has 2 rings (SSSR count). The van der Waals surface area contributed by atoms with Crippen molar-refractivity contribution in [3.8, 4) is 11.5 Å². The Labute approximate surface area is 161 Å². The topological polar surface area (TPSA) is 90.8 Å². The van der Waals surface area contributed by atoms with Crippen LogP contribution in [0.4, 0.5) is 5.69 Å². The number of aromatic hydroxyl groups is 1. The van der Waals surface area contributed by atoms with Crippen LogP contribution in [0, 0.1) is 0 Å². The Hall–Kier alpha value is -2.09. The number of hydrogen-bond acceptors (Lipinski definition) is 5. The summed E-state index contributed by atoms with van der Waals surface area (Å²) in [6.07, 6.45) is 0.512. The highest BCUT2D eigenvalue weighted by Crippen LogP contribution is 2.35. The van der Waals surface area contributed by atoms with E-state index in [-0.39, 0.29) is 17.5 Å². The lowest BCUT2D eigenvalue weighted by molar-refractivity contribution is -0.105. The molecular weight excluding hydrogens is 400 g/mol. The van der Waals surface area contributed by atoms with Crippen molar-refractivity contribution in [3.63, 3.8) is 0 Å². The molecule has 6 nitrogen and oxygen atoms in total. The van der Waals surface area contributed by atoms with Gasteiger partial charge in [0.2, 0.25) is 6.41 Å². The van der Waals surface area contributed by atoms with Gasteiger partial charge in [-0.25, -0.2) is 0 Å². The van der Waals surface area contributed by atoms with Crippen LogP contribution in [-0.4, -0.2) is 36.3 Å². The van der Waals surface area contributed by atoms with E-state index in [0.717, 1.165) is 12.2 Å². The third-order valence-electron chi connectivity index (χ3n) is 4.05. The van der Waals surface area contributed by atoms with Crippen molar-refractivity contribution in [2.24, 2.45) is 0 Å². The highest BCUT2D eigenvalue weighted by atomic mass is 79.9. The first kappa shape index (κ1) is 20.2. The van der Waals surface area contributed by atoms with Gasteiger partial charge in [-0.15, -0.1) is 0 Å². The minimum Gasteiger partial charge on any atom is -0.505 e. The maximum atomic E-state index is 10.6. The molecule has 0 fully saturated rings. The van der Waals surface area contributed by atoms with Gasteiger partial charge in [-0.3, -0.25) is 4.79 Å². The van der Waals surface area contributed by atoms with Crippen LogP contribution in [0.5, 0.6) is 11.5 Å². The van der Waals surface area contributed by atoms with Crippen molar-refractivity contribution in [2.45, 2.75) is 25.5 Å². The average Bonchev–Trinajstić information content (AvgIpc) is 2.64. The van der Waals surface area contributed by atoms with Crippen LogP contribution < -0.4 is 15.4 Å². The summed E-state index contributed by atoms with van der Waals surface area (Å²) in [5.41, 5.74) is 2.00. The quantitative estimate of drug-likeness (QED) is 0.368. The molecule has 4 N–H and O–H groups in total. The second-order valence-corrected chi connectivity index (χ2v) is 6.89. The van der Waals surface area contributed by atoms with Crippen molar-refractivity contribution in [3.05, 3.63) is 52.0 Å². The number of aliphatic hydroxyl groups is 1. The fourth-order valence-electron chi connectivity index (χ4n) is 2.60. The Bertz CT molecular complexity index is 737. The van der Waals surface area contributed by atoms with Crippen LogP contribution >= 0.6 is 15.9 Å². The lowest BCUT2D eigenvalue weighted by Crippen LogP contribution is -2.32. The van der Waals surface area contributed by atoms with Gasteiger partial charge in [0.1, 0.15) is 5.75 Å². The maximum absolute atomic E-state index is 10.6. The van der Waals surface area contributed by atoms with Crippen molar-refractivity contribution in [1.82, 2.24) is 5.32 Å². The SMILES string of the molecule is COc1ccc(CC(C)NCC(O)c2cc(Br)c(O)c(NC=O)c2)cc1. The molecule has 0 aromatic heterocycles. The van der Waals surface area contributed by atoms with Gasteiger partial charge in [-0.05, 0) is 64.7 Å². The molecule has 140 valence electrons. The molecule has 26 heavy (non-hydrogen) atoms. The molecule has 0 saturated carbocycles. The van der Waals surface area contributed by atoms with Crippen molar-refractivity contribution in [2.75, 3.05) is 19.0 Å². The molecule has 0 aliphatic rings. The van der Waals surface area contributed by atoms with Crippen molar-refractivity contribution < 1.29 is 19.7 Å². The summed E-state index contributed by atoms with van der Waals surface area (Å²) < 4.78 is 5.56. The van der Waals surface area contributed by atoms with Gasteiger partial charge in [0.25, 0.3) is 0 Å². The van der Waals surface area contributed by atoms with E-state index in [1.807, 2.05) is 31.2 Å². The summed E-state index contributed by atoms with van der Waals surface area (Å²) in [6, 6.07) is 11.2. The zero-order valence-electron chi connectivity index (χ0n) is 14.7. The molecule has 0 heterocycles. The Morgan fingerprint density at radius 1 is 1.27 bits per heavy atom. The molecular formula is C19H23BrN2O4. The number of amides is 1. The van der Waals surface area contributed by atoms with Gasteiger partial charge >= 0.3 is 0 Å². The third kappa shape index (κ3) is 5.45. The molecule has 0 bridgehead atoms. The molecule has 2 atom stereocenters. The summed E-state index contributed by atoms with van der Waals surface area (Å²) in [5, 5.41) is 26.0. The number of aliphatic hydroxyl groups excluding tert-OH is 1. The van der Waals surface area contributed by atoms with E-state index < -0.39 is 6.10 Å². The fourth-order valence-corrected chi connectivity index (χ4v) is 3.08. The number of methoxy groups -OCH3 is 1. The zero-order valence-corrected chi connectivity index (χ0v) is 16.3. The van der Waals surface area contributed by atoms with E-state index in [4.69, 9.17) is 4.74 Å². The molecule has 0 aliphatic heterocycles. The highest BCUT2D eigenvalue weighted by Gasteiger charge is 2.15. The molecule has 2 aromatic carbocycles. The second-order valence-electron chi connectivity index (χ2n) is 6.04. The van der Waals surface area contributed by atoms with Gasteiger partial charge in [0.05, 0.1) is 23.4 Å². The number of halogens is 1. The molecule has 7 heteroatoms. The Kier molecular flexibility index (Phi) is 7.44. The predicted octanol–water partition coefficient (Wildman–Crippen LogP) is 2.99. The zero-order chi connectivity index (χ0) is 19.1. The van der Waals surface area contributed by atoms with Gasteiger partial charge in [0.15, 0.2) is 5.75 Å². The van der Waals surface area contributed by atoms with Gasteiger partial charge in [-0.2, -0.15) is 0 Å². The first-order valence-corrected chi connectivity index (χ1v) is 9.00. The highest BCUT2D eigenvalue weighted by molar-refractivity contribution is 9.10. The monoisotopic (exact) mass is 422 g/mol. The number of hydrogen-bond donors (Lipinski definition) is 4. The summed E-state index contributed by atoms with van der Waals surface area (Å²) in [6.45, 7) is 2.39.